The molecule has 0 saturated heterocycles. The minimum absolute atomic E-state index is 0.0371. The third-order valence-corrected chi connectivity index (χ3v) is 3.27. The third kappa shape index (κ3) is 3.91. The van der Waals surface area contributed by atoms with Gasteiger partial charge in [0.1, 0.15) is 12.0 Å². The van der Waals surface area contributed by atoms with Gasteiger partial charge in [0.2, 0.25) is 0 Å². The van der Waals surface area contributed by atoms with Crippen molar-refractivity contribution < 1.29 is 14.5 Å². The van der Waals surface area contributed by atoms with Crippen LogP contribution >= 0.6 is 0 Å². The summed E-state index contributed by atoms with van der Waals surface area (Å²) in [5, 5.41) is 13.5. The molecule has 0 radical (unpaired) electrons. The van der Waals surface area contributed by atoms with Crippen molar-refractivity contribution in [2.24, 2.45) is 5.92 Å². The summed E-state index contributed by atoms with van der Waals surface area (Å²) in [7, 11) is 0. The number of nitrogens with one attached hydrogen (secondary N) is 1. The topological polar surface area (TPSA) is 94.4 Å². The molecule has 0 unspecified atom stereocenters. The van der Waals surface area contributed by atoms with E-state index in [0.717, 1.165) is 19.3 Å². The van der Waals surface area contributed by atoms with Gasteiger partial charge in [0.05, 0.1) is 17.4 Å². The van der Waals surface area contributed by atoms with Crippen LogP contribution in [0.4, 0.5) is 11.5 Å². The minimum Gasteiger partial charge on any atom is -0.465 e. The summed E-state index contributed by atoms with van der Waals surface area (Å²) < 4.78 is 5.15. The van der Waals surface area contributed by atoms with Crippen molar-refractivity contribution in [2.45, 2.75) is 25.7 Å². The molecule has 0 atom stereocenters. The SMILES string of the molecule is O=C(OCCCNc1ccc([N+](=O)[O-])cn1)C1CCC1. The molecule has 108 valence electrons. The lowest BCUT2D eigenvalue weighted by molar-refractivity contribution is -0.385. The highest BCUT2D eigenvalue weighted by Crippen LogP contribution is 2.27. The van der Waals surface area contributed by atoms with Crippen LogP contribution in [0.5, 0.6) is 0 Å². The van der Waals surface area contributed by atoms with Crippen molar-refractivity contribution in [3.05, 3.63) is 28.4 Å². The second-order valence-corrected chi connectivity index (χ2v) is 4.73. The van der Waals surface area contributed by atoms with Crippen LogP contribution in [0.15, 0.2) is 18.3 Å². The van der Waals surface area contributed by atoms with Gasteiger partial charge in [-0.3, -0.25) is 14.9 Å². The Hall–Kier alpha value is -2.18. The van der Waals surface area contributed by atoms with Gasteiger partial charge < -0.3 is 10.1 Å². The molecule has 1 N–H and O–H groups in total. The number of nitrogens with zero attached hydrogens (tertiary/aromatic N) is 2. The molecule has 1 fully saturated rings. The van der Waals surface area contributed by atoms with Crippen LogP contribution in [0, 0.1) is 16.0 Å². The van der Waals surface area contributed by atoms with Crippen molar-refractivity contribution in [1.82, 2.24) is 4.98 Å². The van der Waals surface area contributed by atoms with Crippen molar-refractivity contribution in [3.8, 4) is 0 Å². The number of carbonyl (C=O) groups excluding carboxylic acids is 1. The van der Waals surface area contributed by atoms with E-state index in [2.05, 4.69) is 10.3 Å². The molecule has 7 nitrogen and oxygen atoms in total. The smallest absolute Gasteiger partial charge is 0.308 e. The number of esters is 1. The van der Waals surface area contributed by atoms with E-state index >= 15 is 0 Å². The van der Waals surface area contributed by atoms with Gasteiger partial charge in [0, 0.05) is 12.6 Å². The fourth-order valence-electron chi connectivity index (χ4n) is 1.82. The van der Waals surface area contributed by atoms with E-state index in [-0.39, 0.29) is 17.6 Å². The molecule has 0 amide bonds. The Morgan fingerprint density at radius 1 is 1.50 bits per heavy atom. The fourth-order valence-corrected chi connectivity index (χ4v) is 1.82. The summed E-state index contributed by atoms with van der Waals surface area (Å²) in [5.41, 5.74) is -0.0371. The first-order chi connectivity index (χ1) is 9.66. The average Bonchev–Trinajstić information content (AvgIpc) is 2.37. The molecule has 0 bridgehead atoms. The van der Waals surface area contributed by atoms with Crippen LogP contribution in [0.1, 0.15) is 25.7 Å². The number of rotatable bonds is 7. The number of anilines is 1. The Morgan fingerprint density at radius 3 is 2.85 bits per heavy atom. The van der Waals surface area contributed by atoms with Gasteiger partial charge in [-0.1, -0.05) is 6.42 Å². The van der Waals surface area contributed by atoms with Gasteiger partial charge >= 0.3 is 5.97 Å². The van der Waals surface area contributed by atoms with Crippen molar-refractivity contribution in [1.29, 1.82) is 0 Å². The first kappa shape index (κ1) is 14.2. The molecule has 0 spiro atoms. The zero-order chi connectivity index (χ0) is 14.4. The van der Waals surface area contributed by atoms with Gasteiger partial charge in [-0.15, -0.1) is 0 Å². The number of hydrogen-bond donors (Lipinski definition) is 1. The Balaban J connectivity index is 1.60. The maximum atomic E-state index is 11.4. The lowest BCUT2D eigenvalue weighted by Gasteiger charge is -2.23. The summed E-state index contributed by atoms with van der Waals surface area (Å²) in [6.07, 6.45) is 4.90. The van der Waals surface area contributed by atoms with E-state index in [1.165, 1.54) is 12.3 Å². The van der Waals surface area contributed by atoms with Gasteiger partial charge in [-0.25, -0.2) is 4.98 Å². The minimum atomic E-state index is -0.489. The Morgan fingerprint density at radius 2 is 2.30 bits per heavy atom. The largest absolute Gasteiger partial charge is 0.465 e. The lowest BCUT2D eigenvalue weighted by Crippen LogP contribution is -2.24. The van der Waals surface area contributed by atoms with E-state index in [1.54, 1.807) is 6.07 Å². The van der Waals surface area contributed by atoms with E-state index < -0.39 is 4.92 Å². The van der Waals surface area contributed by atoms with Crippen LogP contribution in [0.25, 0.3) is 0 Å². The van der Waals surface area contributed by atoms with E-state index in [0.29, 0.717) is 25.4 Å². The predicted molar refractivity (Wildman–Crippen MR) is 72.3 cm³/mol. The van der Waals surface area contributed by atoms with Crippen molar-refractivity contribution in [2.75, 3.05) is 18.5 Å². The molecule has 0 aliphatic heterocycles. The highest BCUT2D eigenvalue weighted by molar-refractivity contribution is 5.73. The third-order valence-electron chi connectivity index (χ3n) is 3.27. The van der Waals surface area contributed by atoms with Crippen LogP contribution in [0.3, 0.4) is 0 Å². The molecule has 7 heteroatoms. The van der Waals surface area contributed by atoms with Crippen molar-refractivity contribution >= 4 is 17.5 Å². The Labute approximate surface area is 116 Å². The predicted octanol–water partition coefficient (Wildman–Crippen LogP) is 2.14. The lowest BCUT2D eigenvalue weighted by atomic mass is 9.86. The first-order valence-electron chi connectivity index (χ1n) is 6.68. The van der Waals surface area contributed by atoms with Gasteiger partial charge in [-0.05, 0) is 25.3 Å². The van der Waals surface area contributed by atoms with E-state index in [4.69, 9.17) is 4.74 Å². The number of hydrogen-bond acceptors (Lipinski definition) is 6. The molecule has 1 heterocycles. The molecule has 1 saturated carbocycles. The first-order valence-corrected chi connectivity index (χ1v) is 6.68. The summed E-state index contributed by atoms with van der Waals surface area (Å²) in [6.45, 7) is 0.984. The maximum absolute atomic E-state index is 11.4. The van der Waals surface area contributed by atoms with E-state index in [9.17, 15) is 14.9 Å². The second kappa shape index (κ2) is 6.83. The molecular weight excluding hydrogens is 262 g/mol. The molecule has 20 heavy (non-hydrogen) atoms. The van der Waals surface area contributed by atoms with Crippen molar-refractivity contribution in [3.63, 3.8) is 0 Å². The fraction of sp³-hybridized carbons (Fsp3) is 0.538. The van der Waals surface area contributed by atoms with Gasteiger partial charge in [0.15, 0.2) is 0 Å². The molecule has 1 aromatic heterocycles. The van der Waals surface area contributed by atoms with Gasteiger partial charge in [0.25, 0.3) is 5.69 Å². The van der Waals surface area contributed by atoms with E-state index in [1.807, 2.05) is 0 Å². The monoisotopic (exact) mass is 279 g/mol. The number of aromatic nitrogens is 1. The zero-order valence-electron chi connectivity index (χ0n) is 11.1. The number of pyridine rings is 1. The molecular formula is C13H17N3O4. The second-order valence-electron chi connectivity index (χ2n) is 4.73. The summed E-state index contributed by atoms with van der Waals surface area (Å²) in [5.74, 6) is 0.588. The number of nitro groups is 1. The number of carbonyl (C=O) groups is 1. The summed E-state index contributed by atoms with van der Waals surface area (Å²) in [6, 6.07) is 2.95. The maximum Gasteiger partial charge on any atom is 0.308 e. The molecule has 2 rings (SSSR count). The highest BCUT2D eigenvalue weighted by atomic mass is 16.6. The Kier molecular flexibility index (Phi) is 4.86. The van der Waals surface area contributed by atoms with Gasteiger partial charge in [-0.2, -0.15) is 0 Å². The quantitative estimate of drug-likeness (QED) is 0.355. The zero-order valence-corrected chi connectivity index (χ0v) is 11.1. The van der Waals surface area contributed by atoms with Crippen LogP contribution in [-0.2, 0) is 9.53 Å². The average molecular weight is 279 g/mol. The Bertz CT molecular complexity index is 471. The van der Waals surface area contributed by atoms with Crippen LogP contribution < -0.4 is 5.32 Å². The molecule has 1 aromatic rings. The summed E-state index contributed by atoms with van der Waals surface area (Å²) >= 11 is 0. The summed E-state index contributed by atoms with van der Waals surface area (Å²) in [4.78, 5) is 25.3. The van der Waals surface area contributed by atoms with Crippen LogP contribution in [-0.4, -0.2) is 29.0 Å². The standard InChI is InChI=1S/C13H17N3O4/c17-13(10-3-1-4-10)20-8-2-7-14-12-6-5-11(9-15-12)16(18)19/h5-6,9-10H,1-4,7-8H2,(H,14,15). The number of ether oxygens (including phenoxy) is 1. The normalized spacial score (nSPS) is 14.4. The van der Waals surface area contributed by atoms with Crippen LogP contribution in [0.2, 0.25) is 0 Å². The highest BCUT2D eigenvalue weighted by Gasteiger charge is 2.26. The molecule has 1 aliphatic rings. The molecule has 1 aliphatic carbocycles. The molecule has 0 aromatic carbocycles.